The van der Waals surface area contributed by atoms with Gasteiger partial charge in [0, 0.05) is 25.7 Å². The highest BCUT2D eigenvalue weighted by atomic mass is 16.3. The molecule has 28 heavy (non-hydrogen) atoms. The number of hydrogen-bond acceptors (Lipinski definition) is 5. The molecule has 0 N–H and O–H groups in total. The summed E-state index contributed by atoms with van der Waals surface area (Å²) in [5.74, 6) is 2.97. The van der Waals surface area contributed by atoms with Gasteiger partial charge in [-0.25, -0.2) is 15.0 Å². The lowest BCUT2D eigenvalue weighted by molar-refractivity contribution is 0.412. The summed E-state index contributed by atoms with van der Waals surface area (Å²) < 4.78 is 6.02. The Morgan fingerprint density at radius 3 is 2.71 bits per heavy atom. The summed E-state index contributed by atoms with van der Waals surface area (Å²) >= 11 is 0. The van der Waals surface area contributed by atoms with E-state index in [1.807, 2.05) is 42.6 Å². The summed E-state index contributed by atoms with van der Waals surface area (Å²) in [4.78, 5) is 16.3. The summed E-state index contributed by atoms with van der Waals surface area (Å²) in [7, 11) is 0. The van der Waals surface area contributed by atoms with Crippen LogP contribution in [-0.2, 0) is 6.42 Å². The summed E-state index contributed by atoms with van der Waals surface area (Å²) in [6.07, 6.45) is 4.80. The van der Waals surface area contributed by atoms with Gasteiger partial charge in [-0.1, -0.05) is 42.5 Å². The minimum atomic E-state index is 0.286. The van der Waals surface area contributed by atoms with Crippen molar-refractivity contribution >= 4 is 16.9 Å². The van der Waals surface area contributed by atoms with Crippen molar-refractivity contribution in [1.29, 1.82) is 0 Å². The van der Waals surface area contributed by atoms with Crippen LogP contribution in [0.3, 0.4) is 0 Å². The van der Waals surface area contributed by atoms with Gasteiger partial charge in [0.25, 0.3) is 0 Å². The molecule has 0 bridgehead atoms. The molecule has 1 atom stereocenters. The Morgan fingerprint density at radius 2 is 1.82 bits per heavy atom. The van der Waals surface area contributed by atoms with E-state index in [9.17, 15) is 0 Å². The third kappa shape index (κ3) is 3.48. The molecule has 1 aliphatic rings. The van der Waals surface area contributed by atoms with E-state index >= 15 is 0 Å². The Balaban J connectivity index is 1.35. The molecular weight excluding hydrogens is 348 g/mol. The Hall–Kier alpha value is -3.21. The standard InChI is InChI=1S/C23H22N4O/c1-2-7-17(8-3-1)15-21-24-13-12-22(26-21)27-14-6-9-18(16-27)23-25-19-10-4-5-11-20(19)28-23/h1-5,7-8,10-13,18H,6,9,14-16H2. The maximum Gasteiger partial charge on any atom is 0.200 e. The lowest BCUT2D eigenvalue weighted by Crippen LogP contribution is -2.35. The molecule has 5 nitrogen and oxygen atoms in total. The molecular formula is C23H22N4O. The van der Waals surface area contributed by atoms with Crippen LogP contribution in [0.15, 0.2) is 71.3 Å². The first-order valence-electron chi connectivity index (χ1n) is 9.81. The molecule has 2 aromatic carbocycles. The van der Waals surface area contributed by atoms with E-state index in [1.165, 1.54) is 5.56 Å². The van der Waals surface area contributed by atoms with Gasteiger partial charge in [-0.2, -0.15) is 0 Å². The Kier molecular flexibility index (Phi) is 4.49. The van der Waals surface area contributed by atoms with Crippen molar-refractivity contribution in [3.8, 4) is 0 Å². The van der Waals surface area contributed by atoms with Crippen LogP contribution >= 0.6 is 0 Å². The highest BCUT2D eigenvalue weighted by Crippen LogP contribution is 2.30. The molecule has 1 fully saturated rings. The second-order valence-corrected chi connectivity index (χ2v) is 7.30. The smallest absolute Gasteiger partial charge is 0.200 e. The van der Waals surface area contributed by atoms with Crippen LogP contribution in [0.25, 0.3) is 11.1 Å². The van der Waals surface area contributed by atoms with Gasteiger partial charge in [-0.05, 0) is 36.6 Å². The molecule has 5 rings (SSSR count). The van der Waals surface area contributed by atoms with Crippen molar-refractivity contribution < 1.29 is 4.42 Å². The SMILES string of the molecule is c1ccc(Cc2nccc(N3CCCC(c4nc5ccccc5o4)C3)n2)cc1. The fourth-order valence-electron chi connectivity index (χ4n) is 3.88. The molecule has 0 aliphatic carbocycles. The molecule has 4 aromatic rings. The lowest BCUT2D eigenvalue weighted by atomic mass is 9.98. The summed E-state index contributed by atoms with van der Waals surface area (Å²) in [6, 6.07) is 20.3. The van der Waals surface area contributed by atoms with E-state index in [1.54, 1.807) is 0 Å². The predicted octanol–water partition coefficient (Wildman–Crippen LogP) is 4.59. The van der Waals surface area contributed by atoms with Gasteiger partial charge in [0.2, 0.25) is 0 Å². The van der Waals surface area contributed by atoms with Gasteiger partial charge in [0.15, 0.2) is 11.5 Å². The zero-order chi connectivity index (χ0) is 18.8. The Morgan fingerprint density at radius 1 is 0.964 bits per heavy atom. The predicted molar refractivity (Wildman–Crippen MR) is 109 cm³/mol. The monoisotopic (exact) mass is 370 g/mol. The first-order valence-corrected chi connectivity index (χ1v) is 9.81. The number of nitrogens with zero attached hydrogens (tertiary/aromatic N) is 4. The number of anilines is 1. The second kappa shape index (κ2) is 7.43. The lowest BCUT2D eigenvalue weighted by Gasteiger charge is -2.32. The van der Waals surface area contributed by atoms with E-state index in [0.29, 0.717) is 0 Å². The zero-order valence-corrected chi connectivity index (χ0v) is 15.7. The summed E-state index contributed by atoms with van der Waals surface area (Å²) in [5, 5.41) is 0. The quantitative estimate of drug-likeness (QED) is 0.526. The van der Waals surface area contributed by atoms with Crippen molar-refractivity contribution in [3.05, 3.63) is 84.1 Å². The molecule has 0 radical (unpaired) electrons. The van der Waals surface area contributed by atoms with Crippen LogP contribution in [0, 0.1) is 0 Å². The molecule has 0 saturated carbocycles. The molecule has 1 unspecified atom stereocenters. The number of benzene rings is 2. The van der Waals surface area contributed by atoms with Crippen molar-refractivity contribution in [2.45, 2.75) is 25.2 Å². The maximum atomic E-state index is 6.02. The van der Waals surface area contributed by atoms with E-state index in [-0.39, 0.29) is 5.92 Å². The molecule has 0 spiro atoms. The number of piperidine rings is 1. The molecule has 5 heteroatoms. The molecule has 1 aliphatic heterocycles. The minimum Gasteiger partial charge on any atom is -0.440 e. The number of rotatable bonds is 4. The van der Waals surface area contributed by atoms with Gasteiger partial charge in [-0.15, -0.1) is 0 Å². The molecule has 1 saturated heterocycles. The van der Waals surface area contributed by atoms with Crippen LogP contribution in [0.1, 0.15) is 36.0 Å². The Bertz CT molecular complexity index is 1040. The normalized spacial score (nSPS) is 17.1. The number of fused-ring (bicyclic) bond motifs is 1. The first kappa shape index (κ1) is 16.9. The van der Waals surface area contributed by atoms with Gasteiger partial charge >= 0.3 is 0 Å². The first-order chi connectivity index (χ1) is 13.8. The highest BCUT2D eigenvalue weighted by molar-refractivity contribution is 5.72. The van der Waals surface area contributed by atoms with Crippen LogP contribution in [-0.4, -0.2) is 28.0 Å². The van der Waals surface area contributed by atoms with Gasteiger partial charge in [-0.3, -0.25) is 0 Å². The fraction of sp³-hybridized carbons (Fsp3) is 0.261. The van der Waals surface area contributed by atoms with Crippen molar-refractivity contribution in [1.82, 2.24) is 15.0 Å². The Labute approximate surface area is 164 Å². The largest absolute Gasteiger partial charge is 0.440 e. The number of hydrogen-bond donors (Lipinski definition) is 0. The third-order valence-corrected chi connectivity index (χ3v) is 5.30. The topological polar surface area (TPSA) is 55.1 Å². The van der Waals surface area contributed by atoms with Crippen molar-refractivity contribution in [2.24, 2.45) is 0 Å². The van der Waals surface area contributed by atoms with E-state index in [4.69, 9.17) is 14.4 Å². The average Bonchev–Trinajstić information content (AvgIpc) is 3.19. The van der Waals surface area contributed by atoms with E-state index in [0.717, 1.165) is 61.0 Å². The van der Waals surface area contributed by atoms with Crippen LogP contribution < -0.4 is 4.90 Å². The second-order valence-electron chi connectivity index (χ2n) is 7.30. The number of aromatic nitrogens is 3. The highest BCUT2D eigenvalue weighted by Gasteiger charge is 2.26. The van der Waals surface area contributed by atoms with Gasteiger partial charge in [0.05, 0.1) is 5.92 Å². The summed E-state index contributed by atoms with van der Waals surface area (Å²) in [6.45, 7) is 1.87. The van der Waals surface area contributed by atoms with E-state index < -0.39 is 0 Å². The third-order valence-electron chi connectivity index (χ3n) is 5.30. The van der Waals surface area contributed by atoms with Gasteiger partial charge in [0.1, 0.15) is 17.2 Å². The minimum absolute atomic E-state index is 0.286. The van der Waals surface area contributed by atoms with Gasteiger partial charge < -0.3 is 9.32 Å². The molecule has 0 amide bonds. The molecule has 2 aromatic heterocycles. The zero-order valence-electron chi connectivity index (χ0n) is 15.7. The van der Waals surface area contributed by atoms with Crippen LogP contribution in [0.2, 0.25) is 0 Å². The van der Waals surface area contributed by atoms with Crippen molar-refractivity contribution in [2.75, 3.05) is 18.0 Å². The number of oxazole rings is 1. The summed E-state index contributed by atoms with van der Waals surface area (Å²) in [5.41, 5.74) is 3.02. The number of para-hydroxylation sites is 2. The average molecular weight is 370 g/mol. The maximum absolute atomic E-state index is 6.02. The fourth-order valence-corrected chi connectivity index (χ4v) is 3.88. The van der Waals surface area contributed by atoms with Crippen LogP contribution in [0.4, 0.5) is 5.82 Å². The van der Waals surface area contributed by atoms with Crippen molar-refractivity contribution in [3.63, 3.8) is 0 Å². The molecule has 140 valence electrons. The van der Waals surface area contributed by atoms with E-state index in [2.05, 4.69) is 34.1 Å². The van der Waals surface area contributed by atoms with Crippen LogP contribution in [0.5, 0.6) is 0 Å². The molecule has 3 heterocycles.